The molecule has 0 saturated heterocycles. The summed E-state index contributed by atoms with van der Waals surface area (Å²) in [5, 5.41) is -0.516. The van der Waals surface area contributed by atoms with Gasteiger partial charge in [0.25, 0.3) is 5.24 Å². The number of ether oxygens (including phenoxy) is 2. The van der Waals surface area contributed by atoms with Crippen molar-refractivity contribution in [2.24, 2.45) is 0 Å². The average molecular weight is 203 g/mol. The number of hydrogen-bond acceptors (Lipinski definition) is 3. The summed E-state index contributed by atoms with van der Waals surface area (Å²) in [5.41, 5.74) is -1.01. The van der Waals surface area contributed by atoms with E-state index in [1.165, 1.54) is 7.11 Å². The first-order valence-electron chi connectivity index (χ1n) is 3.83. The van der Waals surface area contributed by atoms with Gasteiger partial charge in [0.2, 0.25) is 0 Å². The summed E-state index contributed by atoms with van der Waals surface area (Å²) in [6.07, 6.45) is 5.46. The Hall–Kier alpha value is -0.800. The Morgan fingerprint density at radius 2 is 2.31 bits per heavy atom. The van der Waals surface area contributed by atoms with Crippen molar-refractivity contribution in [3.8, 4) is 0 Å². The minimum Gasteiger partial charge on any atom is -0.497 e. The largest absolute Gasteiger partial charge is 0.497 e. The average Bonchev–Trinajstić information content (AvgIpc) is 2.17. The molecule has 0 fully saturated rings. The van der Waals surface area contributed by atoms with E-state index in [1.54, 1.807) is 25.3 Å². The maximum Gasteiger partial charge on any atom is 0.257 e. The molecule has 0 bridgehead atoms. The summed E-state index contributed by atoms with van der Waals surface area (Å²) in [5.74, 6) is 0.714. The van der Waals surface area contributed by atoms with E-state index in [-0.39, 0.29) is 0 Å². The topological polar surface area (TPSA) is 35.5 Å². The highest BCUT2D eigenvalue weighted by molar-refractivity contribution is 6.65. The lowest BCUT2D eigenvalue weighted by Gasteiger charge is -2.26. The second kappa shape index (κ2) is 3.94. The van der Waals surface area contributed by atoms with E-state index in [2.05, 4.69) is 0 Å². The first-order valence-corrected chi connectivity index (χ1v) is 4.21. The molecule has 0 aromatic heterocycles. The fraction of sp³-hybridized carbons (Fsp3) is 0.444. The second-order valence-corrected chi connectivity index (χ2v) is 3.06. The van der Waals surface area contributed by atoms with Crippen LogP contribution in [0.1, 0.15) is 6.42 Å². The summed E-state index contributed by atoms with van der Waals surface area (Å²) in [7, 11) is 3.02. The van der Waals surface area contributed by atoms with Crippen molar-refractivity contribution in [3.63, 3.8) is 0 Å². The molecule has 1 atom stereocenters. The first kappa shape index (κ1) is 10.3. The number of methoxy groups -OCH3 is 2. The highest BCUT2D eigenvalue weighted by Gasteiger charge is 2.35. The van der Waals surface area contributed by atoms with Crippen molar-refractivity contribution in [2.45, 2.75) is 12.0 Å². The van der Waals surface area contributed by atoms with E-state index in [0.29, 0.717) is 12.2 Å². The van der Waals surface area contributed by atoms with Gasteiger partial charge in [0.15, 0.2) is 5.60 Å². The van der Waals surface area contributed by atoms with E-state index in [0.717, 1.165) is 0 Å². The third-order valence-electron chi connectivity index (χ3n) is 2.06. The van der Waals surface area contributed by atoms with E-state index in [4.69, 9.17) is 21.1 Å². The van der Waals surface area contributed by atoms with Crippen LogP contribution in [0.4, 0.5) is 0 Å². The Labute approximate surface area is 82.0 Å². The summed E-state index contributed by atoms with van der Waals surface area (Å²) < 4.78 is 10.0. The quantitative estimate of drug-likeness (QED) is 0.653. The first-order chi connectivity index (χ1) is 6.14. The maximum atomic E-state index is 11.1. The van der Waals surface area contributed by atoms with Crippen LogP contribution in [-0.4, -0.2) is 25.1 Å². The molecule has 0 N–H and O–H groups in total. The van der Waals surface area contributed by atoms with Crippen molar-refractivity contribution in [1.82, 2.24) is 0 Å². The highest BCUT2D eigenvalue weighted by Crippen LogP contribution is 2.26. The Morgan fingerprint density at radius 1 is 1.62 bits per heavy atom. The molecule has 0 aromatic carbocycles. The fourth-order valence-corrected chi connectivity index (χ4v) is 1.35. The van der Waals surface area contributed by atoms with Crippen molar-refractivity contribution in [2.75, 3.05) is 14.2 Å². The van der Waals surface area contributed by atoms with Crippen LogP contribution in [0.2, 0.25) is 0 Å². The molecular weight excluding hydrogens is 192 g/mol. The maximum absolute atomic E-state index is 11.1. The van der Waals surface area contributed by atoms with Crippen LogP contribution in [0.15, 0.2) is 24.0 Å². The van der Waals surface area contributed by atoms with Crippen LogP contribution in [0.3, 0.4) is 0 Å². The van der Waals surface area contributed by atoms with Gasteiger partial charge >= 0.3 is 0 Å². The molecule has 0 aliphatic heterocycles. The summed E-state index contributed by atoms with van der Waals surface area (Å²) >= 11 is 5.42. The van der Waals surface area contributed by atoms with Crippen LogP contribution in [-0.2, 0) is 14.3 Å². The monoisotopic (exact) mass is 202 g/mol. The van der Waals surface area contributed by atoms with Crippen LogP contribution in [0.25, 0.3) is 0 Å². The van der Waals surface area contributed by atoms with Gasteiger partial charge in [-0.1, -0.05) is 0 Å². The minimum atomic E-state index is -1.01. The number of carbonyl (C=O) groups excluding carboxylic acids is 1. The molecule has 3 nitrogen and oxygen atoms in total. The third-order valence-corrected chi connectivity index (χ3v) is 2.38. The molecule has 1 rings (SSSR count). The van der Waals surface area contributed by atoms with Crippen LogP contribution >= 0.6 is 11.6 Å². The lowest BCUT2D eigenvalue weighted by molar-refractivity contribution is -0.127. The van der Waals surface area contributed by atoms with Gasteiger partial charge in [-0.3, -0.25) is 4.79 Å². The summed E-state index contributed by atoms with van der Waals surface area (Å²) in [4.78, 5) is 11.1. The fourth-order valence-electron chi connectivity index (χ4n) is 1.13. The molecule has 0 radical (unpaired) electrons. The molecule has 1 aliphatic carbocycles. The van der Waals surface area contributed by atoms with E-state index in [1.807, 2.05) is 0 Å². The molecule has 0 amide bonds. The van der Waals surface area contributed by atoms with Crippen molar-refractivity contribution in [3.05, 3.63) is 24.0 Å². The molecule has 0 saturated carbocycles. The molecule has 0 spiro atoms. The Balaban J connectivity index is 2.83. The van der Waals surface area contributed by atoms with Crippen LogP contribution in [0, 0.1) is 0 Å². The normalized spacial score (nSPS) is 26.8. The minimum absolute atomic E-state index is 0.408. The molecule has 1 aliphatic rings. The zero-order chi connectivity index (χ0) is 9.90. The molecule has 4 heteroatoms. The molecule has 0 heterocycles. The molecule has 0 aromatic rings. The van der Waals surface area contributed by atoms with Gasteiger partial charge in [-0.15, -0.1) is 0 Å². The van der Waals surface area contributed by atoms with Crippen molar-refractivity contribution in [1.29, 1.82) is 0 Å². The summed E-state index contributed by atoms with van der Waals surface area (Å²) in [6, 6.07) is 0. The molecule has 1 unspecified atom stereocenters. The molecular formula is C9H11ClO3. The Kier molecular flexibility index (Phi) is 3.12. The van der Waals surface area contributed by atoms with E-state index in [9.17, 15) is 4.79 Å². The summed E-state index contributed by atoms with van der Waals surface area (Å²) in [6.45, 7) is 0. The Bertz CT molecular complexity index is 270. The van der Waals surface area contributed by atoms with Gasteiger partial charge in [-0.2, -0.15) is 0 Å². The molecule has 72 valence electrons. The molecule has 13 heavy (non-hydrogen) atoms. The van der Waals surface area contributed by atoms with Crippen LogP contribution in [0.5, 0.6) is 0 Å². The lowest BCUT2D eigenvalue weighted by atomic mass is 9.96. The number of halogens is 1. The highest BCUT2D eigenvalue weighted by atomic mass is 35.5. The predicted molar refractivity (Wildman–Crippen MR) is 49.4 cm³/mol. The van der Waals surface area contributed by atoms with Gasteiger partial charge in [-0.05, 0) is 29.8 Å². The van der Waals surface area contributed by atoms with Gasteiger partial charge < -0.3 is 9.47 Å². The number of hydrogen-bond donors (Lipinski definition) is 0. The SMILES string of the molecule is COC1=CCC(OC)(C(=O)Cl)C=C1. The zero-order valence-electron chi connectivity index (χ0n) is 7.54. The second-order valence-electron chi connectivity index (χ2n) is 2.72. The third kappa shape index (κ3) is 1.92. The number of rotatable bonds is 3. The number of carbonyl (C=O) groups is 1. The zero-order valence-corrected chi connectivity index (χ0v) is 8.30. The van der Waals surface area contributed by atoms with Crippen molar-refractivity contribution < 1.29 is 14.3 Å². The Morgan fingerprint density at radius 3 is 2.62 bits per heavy atom. The van der Waals surface area contributed by atoms with E-state index < -0.39 is 10.8 Å². The smallest absolute Gasteiger partial charge is 0.257 e. The number of allylic oxidation sites excluding steroid dienone is 1. The lowest BCUT2D eigenvalue weighted by Crippen LogP contribution is -2.36. The standard InChI is InChI=1S/C9H11ClO3/c1-12-7-3-5-9(13-2,6-4-7)8(10)11/h3-5H,6H2,1-2H3. The van der Waals surface area contributed by atoms with Gasteiger partial charge in [0.1, 0.15) is 5.76 Å². The van der Waals surface area contributed by atoms with Gasteiger partial charge in [0.05, 0.1) is 7.11 Å². The van der Waals surface area contributed by atoms with Crippen molar-refractivity contribution >= 4 is 16.8 Å². The van der Waals surface area contributed by atoms with Crippen LogP contribution < -0.4 is 0 Å². The van der Waals surface area contributed by atoms with E-state index >= 15 is 0 Å². The predicted octanol–water partition coefficient (Wildman–Crippen LogP) is 1.63. The van der Waals surface area contributed by atoms with Gasteiger partial charge in [-0.25, -0.2) is 0 Å². The van der Waals surface area contributed by atoms with Gasteiger partial charge in [0, 0.05) is 13.5 Å².